The van der Waals surface area contributed by atoms with Crippen LogP contribution in [0.1, 0.15) is 38.8 Å². The first kappa shape index (κ1) is 12.9. The van der Waals surface area contributed by atoms with Crippen molar-refractivity contribution in [2.75, 3.05) is 11.9 Å². The molecular weight excluding hydrogens is 200 g/mol. The van der Waals surface area contributed by atoms with Crippen LogP contribution in [0.2, 0.25) is 0 Å². The third-order valence-corrected chi connectivity index (χ3v) is 2.43. The molecule has 0 amide bonds. The third-order valence-electron chi connectivity index (χ3n) is 2.43. The molecule has 1 rings (SSSR count). The zero-order valence-electron chi connectivity index (χ0n) is 10.2. The van der Waals surface area contributed by atoms with Crippen LogP contribution in [0.25, 0.3) is 0 Å². The van der Waals surface area contributed by atoms with Crippen LogP contribution in [0.15, 0.2) is 12.4 Å². The fourth-order valence-corrected chi connectivity index (χ4v) is 1.60. The molecule has 0 aliphatic heterocycles. The van der Waals surface area contributed by atoms with Gasteiger partial charge in [-0.1, -0.05) is 26.7 Å². The van der Waals surface area contributed by atoms with E-state index in [1.54, 1.807) is 6.33 Å². The maximum Gasteiger partial charge on any atom is 0.129 e. The zero-order valence-corrected chi connectivity index (χ0v) is 10.2. The van der Waals surface area contributed by atoms with Crippen molar-refractivity contribution in [3.8, 4) is 0 Å². The van der Waals surface area contributed by atoms with Gasteiger partial charge in [-0.2, -0.15) is 0 Å². The summed E-state index contributed by atoms with van der Waals surface area (Å²) in [5, 5.41) is 3.25. The smallest absolute Gasteiger partial charge is 0.129 e. The van der Waals surface area contributed by atoms with Crippen LogP contribution in [0.3, 0.4) is 0 Å². The van der Waals surface area contributed by atoms with E-state index in [0.29, 0.717) is 0 Å². The van der Waals surface area contributed by atoms with Gasteiger partial charge in [0.1, 0.15) is 12.1 Å². The Balaban J connectivity index is 2.44. The molecule has 4 heteroatoms. The van der Waals surface area contributed by atoms with E-state index in [1.807, 2.05) is 6.07 Å². The Morgan fingerprint density at radius 2 is 2.12 bits per heavy atom. The topological polar surface area (TPSA) is 63.8 Å². The summed E-state index contributed by atoms with van der Waals surface area (Å²) in [5.41, 5.74) is 7.01. The maximum absolute atomic E-state index is 5.92. The number of aryl methyl sites for hydroxylation is 1. The number of hydrogen-bond acceptors (Lipinski definition) is 4. The number of anilines is 1. The SMILES string of the molecule is CCCc1cc(NCC(N)CCC)ncn1. The van der Waals surface area contributed by atoms with Crippen molar-refractivity contribution in [1.82, 2.24) is 9.97 Å². The van der Waals surface area contributed by atoms with Crippen molar-refractivity contribution in [3.63, 3.8) is 0 Å². The van der Waals surface area contributed by atoms with E-state index >= 15 is 0 Å². The Kier molecular flexibility index (Phi) is 5.78. The maximum atomic E-state index is 5.92. The highest BCUT2D eigenvalue weighted by Crippen LogP contribution is 2.06. The molecule has 0 aliphatic carbocycles. The molecule has 1 heterocycles. The highest BCUT2D eigenvalue weighted by molar-refractivity contribution is 5.34. The zero-order chi connectivity index (χ0) is 11.8. The summed E-state index contributed by atoms with van der Waals surface area (Å²) >= 11 is 0. The van der Waals surface area contributed by atoms with Gasteiger partial charge in [0.2, 0.25) is 0 Å². The van der Waals surface area contributed by atoms with Crippen LogP contribution < -0.4 is 11.1 Å². The van der Waals surface area contributed by atoms with Gasteiger partial charge in [-0.05, 0) is 12.8 Å². The first-order valence-electron chi connectivity index (χ1n) is 6.06. The van der Waals surface area contributed by atoms with Crippen LogP contribution in [0, 0.1) is 0 Å². The van der Waals surface area contributed by atoms with Gasteiger partial charge in [-0.3, -0.25) is 0 Å². The van der Waals surface area contributed by atoms with E-state index < -0.39 is 0 Å². The lowest BCUT2D eigenvalue weighted by Crippen LogP contribution is -2.29. The average Bonchev–Trinajstić information content (AvgIpc) is 2.28. The van der Waals surface area contributed by atoms with Gasteiger partial charge in [0, 0.05) is 24.3 Å². The molecule has 0 saturated carbocycles. The van der Waals surface area contributed by atoms with Gasteiger partial charge in [0.05, 0.1) is 0 Å². The summed E-state index contributed by atoms with van der Waals surface area (Å²) in [7, 11) is 0. The molecule has 1 atom stereocenters. The van der Waals surface area contributed by atoms with Crippen molar-refractivity contribution >= 4 is 5.82 Å². The lowest BCUT2D eigenvalue weighted by Gasteiger charge is -2.12. The second kappa shape index (κ2) is 7.17. The molecule has 1 aromatic heterocycles. The molecule has 3 N–H and O–H groups in total. The molecule has 0 aromatic carbocycles. The van der Waals surface area contributed by atoms with Gasteiger partial charge >= 0.3 is 0 Å². The number of nitrogens with one attached hydrogen (secondary N) is 1. The van der Waals surface area contributed by atoms with Gasteiger partial charge < -0.3 is 11.1 Å². The average molecular weight is 222 g/mol. The molecule has 0 aliphatic rings. The summed E-state index contributed by atoms with van der Waals surface area (Å²) in [6.45, 7) is 5.06. The van der Waals surface area contributed by atoms with Crippen LogP contribution in [0.4, 0.5) is 5.82 Å². The van der Waals surface area contributed by atoms with Gasteiger partial charge in [-0.15, -0.1) is 0 Å². The molecule has 0 fully saturated rings. The predicted molar refractivity (Wildman–Crippen MR) is 67.4 cm³/mol. The molecule has 90 valence electrons. The summed E-state index contributed by atoms with van der Waals surface area (Å²) < 4.78 is 0. The number of aromatic nitrogens is 2. The number of nitrogens with zero attached hydrogens (tertiary/aromatic N) is 2. The standard InChI is InChI=1S/C12H22N4/c1-3-5-10(13)8-14-12-7-11(6-4-2)15-9-16-12/h7,9-10H,3-6,8,13H2,1-2H3,(H,14,15,16). The summed E-state index contributed by atoms with van der Waals surface area (Å²) in [4.78, 5) is 8.39. The summed E-state index contributed by atoms with van der Waals surface area (Å²) in [6.07, 6.45) is 5.87. The van der Waals surface area contributed by atoms with Gasteiger partial charge in [-0.25, -0.2) is 9.97 Å². The summed E-state index contributed by atoms with van der Waals surface area (Å²) in [5.74, 6) is 0.880. The Bertz CT molecular complexity index is 301. The van der Waals surface area contributed by atoms with Crippen molar-refractivity contribution < 1.29 is 0 Å². The Hall–Kier alpha value is -1.16. The van der Waals surface area contributed by atoms with Crippen LogP contribution in [-0.2, 0) is 6.42 Å². The van der Waals surface area contributed by atoms with Crippen LogP contribution in [0.5, 0.6) is 0 Å². The second-order valence-electron chi connectivity index (χ2n) is 4.07. The third kappa shape index (κ3) is 4.57. The normalized spacial score (nSPS) is 12.4. The molecule has 0 bridgehead atoms. The Morgan fingerprint density at radius 1 is 1.31 bits per heavy atom. The summed E-state index contributed by atoms with van der Waals surface area (Å²) in [6, 6.07) is 2.21. The Morgan fingerprint density at radius 3 is 2.81 bits per heavy atom. The van der Waals surface area contributed by atoms with Crippen LogP contribution in [-0.4, -0.2) is 22.6 Å². The second-order valence-corrected chi connectivity index (χ2v) is 4.07. The minimum absolute atomic E-state index is 0.203. The van der Waals surface area contributed by atoms with E-state index in [1.165, 1.54) is 0 Å². The highest BCUT2D eigenvalue weighted by Gasteiger charge is 2.02. The molecule has 0 radical (unpaired) electrons. The molecule has 0 saturated heterocycles. The minimum Gasteiger partial charge on any atom is -0.368 e. The van der Waals surface area contributed by atoms with E-state index in [2.05, 4.69) is 29.1 Å². The highest BCUT2D eigenvalue weighted by atomic mass is 15.0. The quantitative estimate of drug-likeness (QED) is 0.740. The molecule has 4 nitrogen and oxygen atoms in total. The molecule has 1 unspecified atom stereocenters. The van der Waals surface area contributed by atoms with Crippen molar-refractivity contribution in [3.05, 3.63) is 18.1 Å². The molecule has 0 spiro atoms. The molecule has 1 aromatic rings. The number of hydrogen-bond donors (Lipinski definition) is 2. The van der Waals surface area contributed by atoms with Crippen molar-refractivity contribution in [2.45, 2.75) is 45.6 Å². The number of rotatable bonds is 7. The first-order chi connectivity index (χ1) is 7.76. The number of nitrogens with two attached hydrogens (primary N) is 1. The monoisotopic (exact) mass is 222 g/mol. The van der Waals surface area contributed by atoms with Crippen molar-refractivity contribution in [2.24, 2.45) is 5.73 Å². The minimum atomic E-state index is 0.203. The Labute approximate surface area is 97.7 Å². The van der Waals surface area contributed by atoms with E-state index in [4.69, 9.17) is 5.73 Å². The molecule has 16 heavy (non-hydrogen) atoms. The van der Waals surface area contributed by atoms with E-state index in [-0.39, 0.29) is 6.04 Å². The first-order valence-corrected chi connectivity index (χ1v) is 6.06. The fraction of sp³-hybridized carbons (Fsp3) is 0.667. The lowest BCUT2D eigenvalue weighted by molar-refractivity contribution is 0.626. The lowest BCUT2D eigenvalue weighted by atomic mass is 10.2. The van der Waals surface area contributed by atoms with Gasteiger partial charge in [0.15, 0.2) is 0 Å². The van der Waals surface area contributed by atoms with E-state index in [0.717, 1.165) is 43.7 Å². The van der Waals surface area contributed by atoms with Crippen LogP contribution >= 0.6 is 0 Å². The largest absolute Gasteiger partial charge is 0.368 e. The van der Waals surface area contributed by atoms with E-state index in [9.17, 15) is 0 Å². The van der Waals surface area contributed by atoms with Gasteiger partial charge in [0.25, 0.3) is 0 Å². The predicted octanol–water partition coefficient (Wildman–Crippen LogP) is 1.97. The molecular formula is C12H22N4. The fourth-order valence-electron chi connectivity index (χ4n) is 1.60. The van der Waals surface area contributed by atoms with Crippen molar-refractivity contribution in [1.29, 1.82) is 0 Å².